The molecule has 26 heavy (non-hydrogen) atoms. The number of hydrogen-bond donors (Lipinski definition) is 2. The second-order valence-corrected chi connectivity index (χ2v) is 10.3. The number of carbonyl (C=O) groups is 3. The fourth-order valence-electron chi connectivity index (χ4n) is 3.20. The van der Waals surface area contributed by atoms with Crippen LogP contribution in [0.1, 0.15) is 33.6 Å². The number of carboxylic acids is 1. The minimum absolute atomic E-state index is 0.00657. The van der Waals surface area contributed by atoms with Crippen molar-refractivity contribution in [3.05, 3.63) is 0 Å². The topological polar surface area (TPSA) is 95.9 Å². The Hall–Kier alpha value is -1.09. The number of piperidine rings is 1. The summed E-state index contributed by atoms with van der Waals surface area (Å²) in [6, 6.07) is 0. The second-order valence-electron chi connectivity index (χ2n) is 7.65. The van der Waals surface area contributed by atoms with Crippen molar-refractivity contribution >= 4 is 39.6 Å². The molecule has 2 amide bonds. The lowest BCUT2D eigenvalue weighted by Crippen LogP contribution is -2.40. The van der Waals surface area contributed by atoms with E-state index in [-0.39, 0.29) is 30.3 Å². The summed E-state index contributed by atoms with van der Waals surface area (Å²) in [4.78, 5) is 36.6. The van der Waals surface area contributed by atoms with E-state index in [0.717, 1.165) is 12.2 Å². The summed E-state index contributed by atoms with van der Waals surface area (Å²) >= 11 is 0. The molecule has 1 saturated carbocycles. The molecule has 0 bridgehead atoms. The first-order chi connectivity index (χ1) is 12.2. The molecule has 148 valence electrons. The molecule has 2 fully saturated rings. The Morgan fingerprint density at radius 1 is 1.19 bits per heavy atom. The van der Waals surface area contributed by atoms with Gasteiger partial charge in [-0.1, -0.05) is 21.6 Å². The zero-order chi connectivity index (χ0) is 19.3. The molecular formula is C17H28N2O5S2. The van der Waals surface area contributed by atoms with Gasteiger partial charge in [-0.05, 0) is 39.0 Å². The standard InChI is InChI=1S/C17H28N2O5S2/c1-17(2,3)24-16(23)19-7-4-11-12(10-19)14(11)15(22)18-6-9-26-25-8-5-13(20)21/h11-12,14H,4-10H2,1-3H3,(H,18,22)(H,20,21)/t11-,12+,14?/m0/s1. The molecule has 7 nitrogen and oxygen atoms in total. The molecule has 2 rings (SSSR count). The summed E-state index contributed by atoms with van der Waals surface area (Å²) < 4.78 is 5.41. The average Bonchev–Trinajstić information content (AvgIpc) is 3.25. The van der Waals surface area contributed by atoms with Gasteiger partial charge in [0.1, 0.15) is 5.60 Å². The van der Waals surface area contributed by atoms with E-state index in [9.17, 15) is 14.4 Å². The van der Waals surface area contributed by atoms with E-state index < -0.39 is 11.6 Å². The Morgan fingerprint density at radius 3 is 2.54 bits per heavy atom. The molecule has 1 saturated heterocycles. The monoisotopic (exact) mass is 404 g/mol. The van der Waals surface area contributed by atoms with Crippen LogP contribution in [0.4, 0.5) is 4.79 Å². The SMILES string of the molecule is CC(C)(C)OC(=O)N1CC[C@@H]2C(C(=O)NCCSSCCC(=O)O)[C@@H]2C1. The maximum absolute atomic E-state index is 12.3. The Labute approximate surface area is 162 Å². The molecule has 0 radical (unpaired) electrons. The number of amides is 2. The molecule has 1 unspecified atom stereocenters. The van der Waals surface area contributed by atoms with Crippen molar-refractivity contribution in [1.29, 1.82) is 0 Å². The van der Waals surface area contributed by atoms with Gasteiger partial charge in [-0.25, -0.2) is 4.79 Å². The first kappa shape index (κ1) is 21.2. The van der Waals surface area contributed by atoms with Crippen molar-refractivity contribution in [2.75, 3.05) is 31.1 Å². The van der Waals surface area contributed by atoms with Crippen LogP contribution in [0, 0.1) is 17.8 Å². The van der Waals surface area contributed by atoms with Crippen molar-refractivity contribution in [2.45, 2.75) is 39.2 Å². The van der Waals surface area contributed by atoms with Gasteiger partial charge in [0.2, 0.25) is 5.91 Å². The number of fused-ring (bicyclic) bond motifs is 1. The number of aliphatic carboxylic acids is 1. The van der Waals surface area contributed by atoms with Crippen LogP contribution in [0.25, 0.3) is 0 Å². The van der Waals surface area contributed by atoms with E-state index in [1.807, 2.05) is 20.8 Å². The minimum Gasteiger partial charge on any atom is -0.481 e. The molecule has 2 aliphatic rings. The van der Waals surface area contributed by atoms with Crippen molar-refractivity contribution in [1.82, 2.24) is 10.2 Å². The summed E-state index contributed by atoms with van der Waals surface area (Å²) in [5, 5.41) is 11.5. The third-order valence-electron chi connectivity index (χ3n) is 4.42. The van der Waals surface area contributed by atoms with Crippen molar-refractivity contribution in [3.63, 3.8) is 0 Å². The fraction of sp³-hybridized carbons (Fsp3) is 0.824. The number of likely N-dealkylation sites (tertiary alicyclic amines) is 1. The van der Waals surface area contributed by atoms with E-state index >= 15 is 0 Å². The van der Waals surface area contributed by atoms with Gasteiger partial charge in [0, 0.05) is 37.1 Å². The zero-order valence-electron chi connectivity index (χ0n) is 15.5. The number of carbonyl (C=O) groups excluding carboxylic acids is 2. The second kappa shape index (κ2) is 9.21. The van der Waals surface area contributed by atoms with Crippen LogP contribution >= 0.6 is 21.6 Å². The lowest BCUT2D eigenvalue weighted by atomic mass is 10.1. The molecule has 0 aromatic carbocycles. The summed E-state index contributed by atoms with van der Waals surface area (Å²) in [6.45, 7) is 7.37. The summed E-state index contributed by atoms with van der Waals surface area (Å²) in [6.07, 6.45) is 0.711. The maximum atomic E-state index is 12.3. The normalized spacial score (nSPS) is 24.6. The van der Waals surface area contributed by atoms with Gasteiger partial charge in [-0.15, -0.1) is 0 Å². The molecule has 3 atom stereocenters. The van der Waals surface area contributed by atoms with E-state index in [2.05, 4.69) is 5.32 Å². The fourth-order valence-corrected chi connectivity index (χ4v) is 5.09. The van der Waals surface area contributed by atoms with Gasteiger partial charge in [0.05, 0.1) is 6.42 Å². The molecule has 1 aliphatic carbocycles. The largest absolute Gasteiger partial charge is 0.481 e. The van der Waals surface area contributed by atoms with Crippen molar-refractivity contribution < 1.29 is 24.2 Å². The van der Waals surface area contributed by atoms with Gasteiger partial charge < -0.3 is 20.1 Å². The summed E-state index contributed by atoms with van der Waals surface area (Å²) in [5.41, 5.74) is -0.506. The van der Waals surface area contributed by atoms with Crippen LogP contribution in [0.3, 0.4) is 0 Å². The van der Waals surface area contributed by atoms with Gasteiger partial charge in [-0.2, -0.15) is 0 Å². The highest BCUT2D eigenvalue weighted by atomic mass is 33.1. The molecule has 1 aliphatic heterocycles. The number of nitrogens with one attached hydrogen (secondary N) is 1. The predicted octanol–water partition coefficient (Wildman–Crippen LogP) is 2.46. The number of carboxylic acid groups (broad SMARTS) is 1. The number of hydrogen-bond acceptors (Lipinski definition) is 6. The van der Waals surface area contributed by atoms with Gasteiger partial charge in [0.25, 0.3) is 0 Å². The Kier molecular flexibility index (Phi) is 7.52. The highest BCUT2D eigenvalue weighted by molar-refractivity contribution is 8.76. The van der Waals surface area contributed by atoms with Crippen LogP contribution in [0.2, 0.25) is 0 Å². The quantitative estimate of drug-likeness (QED) is 0.474. The van der Waals surface area contributed by atoms with Gasteiger partial charge in [0.15, 0.2) is 0 Å². The van der Waals surface area contributed by atoms with Crippen LogP contribution < -0.4 is 5.32 Å². The summed E-state index contributed by atoms with van der Waals surface area (Å²) in [7, 11) is 3.09. The number of nitrogens with zero attached hydrogens (tertiary/aromatic N) is 1. The third kappa shape index (κ3) is 6.57. The molecular weight excluding hydrogens is 376 g/mol. The minimum atomic E-state index is -0.789. The van der Waals surface area contributed by atoms with Gasteiger partial charge in [-0.3, -0.25) is 9.59 Å². The highest BCUT2D eigenvalue weighted by Crippen LogP contribution is 2.51. The van der Waals surface area contributed by atoms with Crippen LogP contribution in [-0.2, 0) is 14.3 Å². The zero-order valence-corrected chi connectivity index (χ0v) is 17.2. The maximum Gasteiger partial charge on any atom is 0.410 e. The van der Waals surface area contributed by atoms with Crippen molar-refractivity contribution in [2.24, 2.45) is 17.8 Å². The number of ether oxygens (including phenoxy) is 1. The number of rotatable bonds is 8. The van der Waals surface area contributed by atoms with E-state index in [1.54, 1.807) is 15.7 Å². The van der Waals surface area contributed by atoms with E-state index in [1.165, 1.54) is 10.8 Å². The first-order valence-corrected chi connectivity index (χ1v) is 11.4. The molecule has 0 spiro atoms. The highest BCUT2D eigenvalue weighted by Gasteiger charge is 2.57. The smallest absolute Gasteiger partial charge is 0.410 e. The Morgan fingerprint density at radius 2 is 1.88 bits per heavy atom. The molecule has 0 aromatic heterocycles. The predicted molar refractivity (Wildman–Crippen MR) is 103 cm³/mol. The molecule has 2 N–H and O–H groups in total. The Balaban J connectivity index is 1.62. The lowest BCUT2D eigenvalue weighted by molar-refractivity contribution is -0.136. The van der Waals surface area contributed by atoms with E-state index in [0.29, 0.717) is 31.3 Å². The van der Waals surface area contributed by atoms with Crippen LogP contribution in [-0.4, -0.2) is 64.7 Å². The van der Waals surface area contributed by atoms with Crippen LogP contribution in [0.5, 0.6) is 0 Å². The average molecular weight is 405 g/mol. The molecule has 1 heterocycles. The first-order valence-electron chi connectivity index (χ1n) is 8.91. The van der Waals surface area contributed by atoms with Crippen molar-refractivity contribution in [3.8, 4) is 0 Å². The lowest BCUT2D eigenvalue weighted by Gasteiger charge is -2.29. The van der Waals surface area contributed by atoms with Gasteiger partial charge >= 0.3 is 12.1 Å². The Bertz CT molecular complexity index is 538. The third-order valence-corrected chi connectivity index (χ3v) is 6.83. The molecule has 9 heteroatoms. The molecule has 0 aromatic rings. The van der Waals surface area contributed by atoms with Crippen LogP contribution in [0.15, 0.2) is 0 Å². The van der Waals surface area contributed by atoms with E-state index in [4.69, 9.17) is 9.84 Å². The summed E-state index contributed by atoms with van der Waals surface area (Å²) in [5.74, 6) is 1.24.